The first-order valence-corrected chi connectivity index (χ1v) is 10.5. The average Bonchev–Trinajstić information content (AvgIpc) is 3.33. The van der Waals surface area contributed by atoms with E-state index in [1.807, 2.05) is 24.3 Å². The molecule has 31 heavy (non-hydrogen) atoms. The van der Waals surface area contributed by atoms with Crippen LogP contribution in [-0.2, 0) is 5.54 Å². The molecule has 3 aromatic carbocycles. The highest BCUT2D eigenvalue weighted by Gasteiger charge is 2.37. The number of pyridine rings is 1. The van der Waals surface area contributed by atoms with Crippen molar-refractivity contribution in [2.24, 2.45) is 0 Å². The summed E-state index contributed by atoms with van der Waals surface area (Å²) in [5, 5.41) is 11.7. The highest BCUT2D eigenvalue weighted by Crippen LogP contribution is 2.37. The van der Waals surface area contributed by atoms with Gasteiger partial charge in [-0.2, -0.15) is 5.10 Å². The first-order chi connectivity index (χ1) is 15.3. The lowest BCUT2D eigenvalue weighted by atomic mass is 9.77. The highest BCUT2D eigenvalue weighted by atomic mass is 32.1. The van der Waals surface area contributed by atoms with E-state index in [9.17, 15) is 0 Å². The molecule has 0 amide bonds. The first kappa shape index (κ1) is 19.2. The number of fused-ring (bicyclic) bond motifs is 1. The van der Waals surface area contributed by atoms with E-state index in [-0.39, 0.29) is 0 Å². The third-order valence-corrected chi connectivity index (χ3v) is 5.84. The van der Waals surface area contributed by atoms with E-state index in [1.165, 1.54) is 0 Å². The summed E-state index contributed by atoms with van der Waals surface area (Å²) in [4.78, 5) is 4.98. The fourth-order valence-corrected chi connectivity index (χ4v) is 4.40. The summed E-state index contributed by atoms with van der Waals surface area (Å²) < 4.78 is 0. The minimum absolute atomic E-state index is 0.630. The number of H-pyrrole nitrogens is 1. The average molecular weight is 421 g/mol. The van der Waals surface area contributed by atoms with Crippen LogP contribution in [0.15, 0.2) is 109 Å². The van der Waals surface area contributed by atoms with Crippen LogP contribution in [-0.4, -0.2) is 20.2 Å². The van der Waals surface area contributed by atoms with Crippen LogP contribution < -0.4 is 5.32 Å². The van der Waals surface area contributed by atoms with Crippen molar-refractivity contribution in [3.8, 4) is 0 Å². The molecule has 2 heterocycles. The van der Waals surface area contributed by atoms with E-state index in [1.54, 1.807) is 12.4 Å². The number of thiocarbonyl (C=S) groups is 1. The molecule has 2 N–H and O–H groups in total. The summed E-state index contributed by atoms with van der Waals surface area (Å²) in [6.07, 6.45) is 3.51. The number of hydrogen-bond acceptors (Lipinski definition) is 3. The molecule has 0 fully saturated rings. The standard InChI is InChI=1S/C26H20N4S/c31-25(22-16-17-27-24-23(22)18-28-30-24)29-26(19-10-4-1-5-11-19,20-12-6-2-7-13-20)21-14-8-3-9-15-21/h1-18H,(H,29,31)(H,27,28,30). The lowest BCUT2D eigenvalue weighted by molar-refractivity contribution is 0.579. The lowest BCUT2D eigenvalue weighted by Crippen LogP contribution is -2.47. The molecule has 0 aliphatic carbocycles. The molecule has 0 spiro atoms. The van der Waals surface area contributed by atoms with Crippen LogP contribution in [0, 0.1) is 0 Å². The van der Waals surface area contributed by atoms with E-state index in [4.69, 9.17) is 12.2 Å². The molecule has 0 atom stereocenters. The molecule has 0 bridgehead atoms. The van der Waals surface area contributed by atoms with Crippen LogP contribution >= 0.6 is 12.2 Å². The maximum atomic E-state index is 5.98. The molecule has 150 valence electrons. The van der Waals surface area contributed by atoms with Crippen molar-refractivity contribution in [1.82, 2.24) is 20.5 Å². The summed E-state index contributed by atoms with van der Waals surface area (Å²) in [5.41, 5.74) is 4.25. The monoisotopic (exact) mass is 420 g/mol. The Bertz CT molecular complexity index is 1220. The van der Waals surface area contributed by atoms with Crippen molar-refractivity contribution < 1.29 is 0 Å². The Morgan fingerprint density at radius 2 is 1.26 bits per heavy atom. The van der Waals surface area contributed by atoms with Gasteiger partial charge in [-0.05, 0) is 22.8 Å². The third kappa shape index (κ3) is 3.39. The Hall–Kier alpha value is -3.83. The van der Waals surface area contributed by atoms with Gasteiger partial charge in [-0.1, -0.05) is 103 Å². The minimum Gasteiger partial charge on any atom is -0.358 e. The second-order valence-corrected chi connectivity index (χ2v) is 7.70. The smallest absolute Gasteiger partial charge is 0.155 e. The largest absolute Gasteiger partial charge is 0.358 e. The normalized spacial score (nSPS) is 11.4. The molecule has 5 rings (SSSR count). The Morgan fingerprint density at radius 3 is 1.77 bits per heavy atom. The summed E-state index contributed by atoms with van der Waals surface area (Å²) in [7, 11) is 0. The fraction of sp³-hybridized carbons (Fsp3) is 0.0385. The van der Waals surface area contributed by atoms with Gasteiger partial charge < -0.3 is 5.32 Å². The zero-order valence-corrected chi connectivity index (χ0v) is 17.5. The van der Waals surface area contributed by atoms with Crippen molar-refractivity contribution in [1.29, 1.82) is 0 Å². The van der Waals surface area contributed by atoms with Gasteiger partial charge in [-0.3, -0.25) is 5.10 Å². The van der Waals surface area contributed by atoms with Crippen LogP contribution in [0.5, 0.6) is 0 Å². The van der Waals surface area contributed by atoms with Crippen molar-refractivity contribution in [2.45, 2.75) is 5.54 Å². The van der Waals surface area contributed by atoms with Crippen LogP contribution in [0.2, 0.25) is 0 Å². The molecule has 0 aliphatic heterocycles. The molecule has 0 radical (unpaired) electrons. The second kappa shape index (κ2) is 8.13. The number of aromatic amines is 1. The van der Waals surface area contributed by atoms with Crippen LogP contribution in [0.1, 0.15) is 22.3 Å². The summed E-state index contributed by atoms with van der Waals surface area (Å²) >= 11 is 5.98. The van der Waals surface area contributed by atoms with E-state index in [0.717, 1.165) is 27.6 Å². The number of aromatic nitrogens is 3. The third-order valence-electron chi connectivity index (χ3n) is 5.52. The Labute approximate surface area is 186 Å². The molecule has 5 heteroatoms. The number of nitrogens with zero attached hydrogens (tertiary/aromatic N) is 2. The minimum atomic E-state index is -0.666. The van der Waals surface area contributed by atoms with Gasteiger partial charge in [0.05, 0.1) is 6.20 Å². The number of hydrogen-bond donors (Lipinski definition) is 2. The molecule has 4 nitrogen and oxygen atoms in total. The Balaban J connectivity index is 1.74. The van der Waals surface area contributed by atoms with Gasteiger partial charge >= 0.3 is 0 Å². The molecule has 0 saturated carbocycles. The van der Waals surface area contributed by atoms with Gasteiger partial charge in [-0.25, -0.2) is 4.98 Å². The first-order valence-electron chi connectivity index (χ1n) is 10.1. The summed E-state index contributed by atoms with van der Waals surface area (Å²) in [6.45, 7) is 0. The molecule has 0 saturated heterocycles. The van der Waals surface area contributed by atoms with Gasteiger partial charge in [0.2, 0.25) is 0 Å². The van der Waals surface area contributed by atoms with Gasteiger partial charge in [0, 0.05) is 17.1 Å². The fourth-order valence-electron chi connectivity index (χ4n) is 4.07. The van der Waals surface area contributed by atoms with Crippen molar-refractivity contribution in [3.63, 3.8) is 0 Å². The van der Waals surface area contributed by atoms with Crippen molar-refractivity contribution in [3.05, 3.63) is 132 Å². The molecule has 0 aliphatic rings. The van der Waals surface area contributed by atoms with Gasteiger partial charge in [0.15, 0.2) is 5.65 Å². The maximum absolute atomic E-state index is 5.98. The van der Waals surface area contributed by atoms with Crippen molar-refractivity contribution >= 4 is 28.2 Å². The molecular weight excluding hydrogens is 400 g/mol. The second-order valence-electron chi connectivity index (χ2n) is 7.29. The molecular formula is C26H20N4S. The summed E-state index contributed by atoms with van der Waals surface area (Å²) in [6, 6.07) is 33.2. The topological polar surface area (TPSA) is 53.6 Å². The van der Waals surface area contributed by atoms with Gasteiger partial charge in [0.1, 0.15) is 10.5 Å². The summed E-state index contributed by atoms with van der Waals surface area (Å²) in [5.74, 6) is 0. The van der Waals surface area contributed by atoms with Crippen LogP contribution in [0.25, 0.3) is 11.0 Å². The van der Waals surface area contributed by atoms with Crippen LogP contribution in [0.4, 0.5) is 0 Å². The number of benzene rings is 3. The Kier molecular flexibility index (Phi) is 5.02. The maximum Gasteiger partial charge on any atom is 0.155 e. The number of rotatable bonds is 5. The molecule has 0 unspecified atom stereocenters. The van der Waals surface area contributed by atoms with E-state index >= 15 is 0 Å². The van der Waals surface area contributed by atoms with Crippen LogP contribution in [0.3, 0.4) is 0 Å². The predicted molar refractivity (Wildman–Crippen MR) is 128 cm³/mol. The SMILES string of the molecule is S=C(NC(c1ccccc1)(c1ccccc1)c1ccccc1)c1ccnc2[nH]ncc12. The van der Waals surface area contributed by atoms with E-state index in [0.29, 0.717) is 10.6 Å². The molecule has 2 aromatic heterocycles. The van der Waals surface area contributed by atoms with E-state index in [2.05, 4.69) is 93.3 Å². The molecule has 5 aromatic rings. The van der Waals surface area contributed by atoms with Gasteiger partial charge in [0.25, 0.3) is 0 Å². The zero-order chi connectivity index (χ0) is 21.1. The van der Waals surface area contributed by atoms with Gasteiger partial charge in [-0.15, -0.1) is 0 Å². The quantitative estimate of drug-likeness (QED) is 0.303. The zero-order valence-electron chi connectivity index (χ0n) is 16.7. The lowest BCUT2D eigenvalue weighted by Gasteiger charge is -2.38. The van der Waals surface area contributed by atoms with Crippen molar-refractivity contribution in [2.75, 3.05) is 0 Å². The number of nitrogens with one attached hydrogen (secondary N) is 2. The van der Waals surface area contributed by atoms with E-state index < -0.39 is 5.54 Å². The Morgan fingerprint density at radius 1 is 0.742 bits per heavy atom. The predicted octanol–water partition coefficient (Wildman–Crippen LogP) is 5.22. The highest BCUT2D eigenvalue weighted by molar-refractivity contribution is 7.80.